The fourth-order valence-corrected chi connectivity index (χ4v) is 3.04. The van der Waals surface area contributed by atoms with E-state index in [4.69, 9.17) is 14.2 Å². The standard InChI is InChI=1S/C18H18N2O7S/c1-28(23,24)20-14-5-3-2-4-13(14)18(22)25-10-17(21)19-9-12-6-7-15-16(8-12)27-11-26-15/h2-8,20H,9-11H2,1H3,(H,19,21). The maximum Gasteiger partial charge on any atom is 0.340 e. The zero-order valence-corrected chi connectivity index (χ0v) is 15.7. The van der Waals surface area contributed by atoms with Crippen LogP contribution in [0, 0.1) is 0 Å². The number of sulfonamides is 1. The molecule has 0 bridgehead atoms. The van der Waals surface area contributed by atoms with Gasteiger partial charge in [0, 0.05) is 6.54 Å². The van der Waals surface area contributed by atoms with Crippen molar-refractivity contribution in [1.82, 2.24) is 5.32 Å². The Balaban J connectivity index is 1.53. The molecule has 2 aromatic carbocycles. The number of anilines is 1. The Hall–Kier alpha value is -3.27. The van der Waals surface area contributed by atoms with Gasteiger partial charge in [-0.05, 0) is 29.8 Å². The van der Waals surface area contributed by atoms with E-state index >= 15 is 0 Å². The highest BCUT2D eigenvalue weighted by atomic mass is 32.2. The van der Waals surface area contributed by atoms with Crippen LogP contribution in [-0.2, 0) is 26.1 Å². The first kappa shape index (κ1) is 19.5. The van der Waals surface area contributed by atoms with Gasteiger partial charge < -0.3 is 19.5 Å². The molecule has 0 saturated heterocycles. The van der Waals surface area contributed by atoms with E-state index in [1.54, 1.807) is 30.3 Å². The van der Waals surface area contributed by atoms with E-state index in [-0.39, 0.29) is 24.6 Å². The Morgan fingerprint density at radius 1 is 1.11 bits per heavy atom. The summed E-state index contributed by atoms with van der Waals surface area (Å²) in [6, 6.07) is 11.2. The van der Waals surface area contributed by atoms with Gasteiger partial charge in [-0.1, -0.05) is 18.2 Å². The second kappa shape index (κ2) is 8.17. The summed E-state index contributed by atoms with van der Waals surface area (Å²) < 4.78 is 40.5. The molecule has 0 fully saturated rings. The van der Waals surface area contributed by atoms with Crippen molar-refractivity contribution in [3.8, 4) is 11.5 Å². The van der Waals surface area contributed by atoms with Gasteiger partial charge in [0.05, 0.1) is 17.5 Å². The van der Waals surface area contributed by atoms with E-state index in [9.17, 15) is 18.0 Å². The molecule has 1 amide bonds. The summed E-state index contributed by atoms with van der Waals surface area (Å²) in [5, 5.41) is 2.63. The van der Waals surface area contributed by atoms with Gasteiger partial charge in [0.2, 0.25) is 16.8 Å². The van der Waals surface area contributed by atoms with Gasteiger partial charge in [0.15, 0.2) is 18.1 Å². The quantitative estimate of drug-likeness (QED) is 0.664. The summed E-state index contributed by atoms with van der Waals surface area (Å²) in [6.45, 7) is -0.118. The predicted molar refractivity (Wildman–Crippen MR) is 99.6 cm³/mol. The minimum Gasteiger partial charge on any atom is -0.454 e. The Bertz CT molecular complexity index is 1000. The molecule has 1 aliphatic rings. The van der Waals surface area contributed by atoms with Crippen molar-refractivity contribution in [3.05, 3.63) is 53.6 Å². The third-order valence-electron chi connectivity index (χ3n) is 3.70. The first-order valence-corrected chi connectivity index (χ1v) is 10.1. The molecule has 0 radical (unpaired) electrons. The van der Waals surface area contributed by atoms with E-state index in [0.717, 1.165) is 11.8 Å². The van der Waals surface area contributed by atoms with E-state index in [1.807, 2.05) is 0 Å². The molecule has 1 aliphatic heterocycles. The molecule has 2 aromatic rings. The molecule has 0 spiro atoms. The average molecular weight is 406 g/mol. The molecule has 10 heteroatoms. The molecule has 0 saturated carbocycles. The first-order chi connectivity index (χ1) is 13.3. The number of hydrogen-bond donors (Lipinski definition) is 2. The maximum absolute atomic E-state index is 12.2. The van der Waals surface area contributed by atoms with Gasteiger partial charge in [-0.3, -0.25) is 9.52 Å². The van der Waals surface area contributed by atoms with Crippen LogP contribution in [0.4, 0.5) is 5.69 Å². The largest absolute Gasteiger partial charge is 0.454 e. The van der Waals surface area contributed by atoms with Crippen LogP contribution in [0.5, 0.6) is 11.5 Å². The lowest BCUT2D eigenvalue weighted by Crippen LogP contribution is -2.28. The Morgan fingerprint density at radius 3 is 2.64 bits per heavy atom. The summed E-state index contributed by atoms with van der Waals surface area (Å²) in [5.41, 5.74) is 0.888. The number of para-hydroxylation sites is 1. The summed E-state index contributed by atoms with van der Waals surface area (Å²) in [4.78, 5) is 24.1. The molecule has 1 heterocycles. The molecule has 2 N–H and O–H groups in total. The molecule has 0 aromatic heterocycles. The van der Waals surface area contributed by atoms with Gasteiger partial charge in [-0.2, -0.15) is 0 Å². The highest BCUT2D eigenvalue weighted by Crippen LogP contribution is 2.32. The number of amides is 1. The molecule has 148 valence electrons. The van der Waals surface area contributed by atoms with Crippen LogP contribution < -0.4 is 19.5 Å². The summed E-state index contributed by atoms with van der Waals surface area (Å²) in [6.07, 6.45) is 0.971. The number of benzene rings is 2. The van der Waals surface area contributed by atoms with Crippen molar-refractivity contribution < 1.29 is 32.2 Å². The number of carbonyl (C=O) groups is 2. The smallest absolute Gasteiger partial charge is 0.340 e. The molecule has 28 heavy (non-hydrogen) atoms. The number of ether oxygens (including phenoxy) is 3. The van der Waals surface area contributed by atoms with Crippen molar-refractivity contribution in [2.45, 2.75) is 6.54 Å². The summed E-state index contributed by atoms with van der Waals surface area (Å²) in [5.74, 6) is -0.0666. The number of carbonyl (C=O) groups excluding carboxylic acids is 2. The lowest BCUT2D eigenvalue weighted by atomic mass is 10.2. The zero-order valence-electron chi connectivity index (χ0n) is 14.9. The predicted octanol–water partition coefficient (Wildman–Crippen LogP) is 1.26. The molecule has 9 nitrogen and oxygen atoms in total. The minimum absolute atomic E-state index is 0.0106. The van der Waals surface area contributed by atoms with Crippen LogP contribution in [0.1, 0.15) is 15.9 Å². The Morgan fingerprint density at radius 2 is 1.86 bits per heavy atom. The second-order valence-electron chi connectivity index (χ2n) is 5.96. The molecule has 0 aliphatic carbocycles. The topological polar surface area (TPSA) is 120 Å². The Labute approximate surface area is 161 Å². The fourth-order valence-electron chi connectivity index (χ4n) is 2.46. The number of rotatable bonds is 7. The molecular weight excluding hydrogens is 388 g/mol. The van der Waals surface area contributed by atoms with Crippen LogP contribution in [-0.4, -0.2) is 39.9 Å². The number of esters is 1. The van der Waals surface area contributed by atoms with Crippen molar-refractivity contribution >= 4 is 27.6 Å². The van der Waals surface area contributed by atoms with Crippen LogP contribution >= 0.6 is 0 Å². The van der Waals surface area contributed by atoms with Gasteiger partial charge in [-0.25, -0.2) is 13.2 Å². The number of hydrogen-bond acceptors (Lipinski definition) is 7. The highest BCUT2D eigenvalue weighted by molar-refractivity contribution is 7.92. The van der Waals surface area contributed by atoms with Crippen molar-refractivity contribution in [3.63, 3.8) is 0 Å². The van der Waals surface area contributed by atoms with Gasteiger partial charge in [0.1, 0.15) is 0 Å². The van der Waals surface area contributed by atoms with Crippen molar-refractivity contribution in [1.29, 1.82) is 0 Å². The minimum atomic E-state index is -3.56. The van der Waals surface area contributed by atoms with Gasteiger partial charge in [0.25, 0.3) is 5.91 Å². The maximum atomic E-state index is 12.2. The molecule has 3 rings (SSSR count). The van der Waals surface area contributed by atoms with Crippen LogP contribution in [0.3, 0.4) is 0 Å². The zero-order chi connectivity index (χ0) is 20.1. The van der Waals surface area contributed by atoms with E-state index < -0.39 is 28.5 Å². The lowest BCUT2D eigenvalue weighted by molar-refractivity contribution is -0.124. The van der Waals surface area contributed by atoms with Crippen LogP contribution in [0.2, 0.25) is 0 Å². The van der Waals surface area contributed by atoms with Crippen molar-refractivity contribution in [2.24, 2.45) is 0 Å². The number of fused-ring (bicyclic) bond motifs is 1. The van der Waals surface area contributed by atoms with Gasteiger partial charge >= 0.3 is 5.97 Å². The second-order valence-corrected chi connectivity index (χ2v) is 7.71. The lowest BCUT2D eigenvalue weighted by Gasteiger charge is -2.11. The van der Waals surface area contributed by atoms with Gasteiger partial charge in [-0.15, -0.1) is 0 Å². The van der Waals surface area contributed by atoms with Crippen LogP contribution in [0.25, 0.3) is 0 Å². The molecule has 0 unspecified atom stereocenters. The fraction of sp³-hybridized carbons (Fsp3) is 0.222. The highest BCUT2D eigenvalue weighted by Gasteiger charge is 2.17. The SMILES string of the molecule is CS(=O)(=O)Nc1ccccc1C(=O)OCC(=O)NCc1ccc2c(c1)OCO2. The van der Waals surface area contributed by atoms with Crippen LogP contribution in [0.15, 0.2) is 42.5 Å². The van der Waals surface area contributed by atoms with E-state index in [2.05, 4.69) is 10.0 Å². The monoisotopic (exact) mass is 406 g/mol. The van der Waals surface area contributed by atoms with Crippen molar-refractivity contribution in [2.75, 3.05) is 24.4 Å². The first-order valence-electron chi connectivity index (χ1n) is 8.21. The number of nitrogens with one attached hydrogen (secondary N) is 2. The normalized spacial score (nSPS) is 12.3. The summed E-state index contributed by atoms with van der Waals surface area (Å²) >= 11 is 0. The molecular formula is C18H18N2O7S. The Kier molecular flexibility index (Phi) is 5.69. The summed E-state index contributed by atoms with van der Waals surface area (Å²) in [7, 11) is -3.56. The van der Waals surface area contributed by atoms with E-state index in [0.29, 0.717) is 11.5 Å². The average Bonchev–Trinajstić information content (AvgIpc) is 3.11. The third kappa shape index (κ3) is 5.13. The third-order valence-corrected chi connectivity index (χ3v) is 4.29. The molecule has 0 atom stereocenters. The van der Waals surface area contributed by atoms with E-state index in [1.165, 1.54) is 12.1 Å².